The van der Waals surface area contributed by atoms with Gasteiger partial charge in [-0.15, -0.1) is 0 Å². The zero-order valence-corrected chi connectivity index (χ0v) is 22.6. The molecule has 5 rings (SSSR count). The van der Waals surface area contributed by atoms with Gasteiger partial charge in [0.15, 0.2) is 0 Å². The molecule has 0 amide bonds. The molecule has 0 aromatic heterocycles. The van der Waals surface area contributed by atoms with Gasteiger partial charge in [-0.05, 0) is 46.5 Å². The number of ether oxygens (including phenoxy) is 2. The van der Waals surface area contributed by atoms with Crippen molar-refractivity contribution in [1.29, 1.82) is 0 Å². The number of methoxy groups -OCH3 is 2. The van der Waals surface area contributed by atoms with Gasteiger partial charge in [0, 0.05) is 36.0 Å². The van der Waals surface area contributed by atoms with Crippen molar-refractivity contribution in [1.82, 2.24) is 0 Å². The fourth-order valence-electron chi connectivity index (χ4n) is 5.13. The molecular weight excluding hydrogens is 500 g/mol. The lowest BCUT2D eigenvalue weighted by atomic mass is 9.82. The van der Waals surface area contributed by atoms with E-state index in [0.29, 0.717) is 24.1 Å². The Morgan fingerprint density at radius 1 is 0.625 bits per heavy atom. The van der Waals surface area contributed by atoms with Gasteiger partial charge in [0.25, 0.3) is 0 Å². The highest BCUT2D eigenvalue weighted by molar-refractivity contribution is 5.91. The molecule has 2 atom stereocenters. The van der Waals surface area contributed by atoms with E-state index >= 15 is 0 Å². The molecule has 0 heterocycles. The SMILES string of the molecule is COC(=O)C1=C(Nc2ccc(-c3ccccc3)cc2)CC(C(=O)OC)C(Nc2ccc(-c3ccccc3)cc2)C1. The summed E-state index contributed by atoms with van der Waals surface area (Å²) in [6, 6.07) is 35.9. The zero-order chi connectivity index (χ0) is 27.9. The Hall–Kier alpha value is -4.84. The van der Waals surface area contributed by atoms with E-state index in [2.05, 4.69) is 34.9 Å². The second kappa shape index (κ2) is 12.3. The van der Waals surface area contributed by atoms with Crippen molar-refractivity contribution in [2.75, 3.05) is 24.9 Å². The van der Waals surface area contributed by atoms with Gasteiger partial charge in [0.05, 0.1) is 25.7 Å². The van der Waals surface area contributed by atoms with E-state index in [1.165, 1.54) is 14.2 Å². The van der Waals surface area contributed by atoms with Crippen LogP contribution >= 0.6 is 0 Å². The fraction of sp³-hybridized carbons (Fsp3) is 0.176. The summed E-state index contributed by atoms with van der Waals surface area (Å²) in [5.74, 6) is -1.25. The molecule has 6 heteroatoms. The van der Waals surface area contributed by atoms with Crippen molar-refractivity contribution in [3.8, 4) is 22.3 Å². The van der Waals surface area contributed by atoms with Crippen molar-refractivity contribution in [2.45, 2.75) is 18.9 Å². The Morgan fingerprint density at radius 3 is 1.62 bits per heavy atom. The summed E-state index contributed by atoms with van der Waals surface area (Å²) in [6.45, 7) is 0. The molecule has 0 aliphatic heterocycles. The van der Waals surface area contributed by atoms with Crippen LogP contribution in [0.2, 0.25) is 0 Å². The third-order valence-corrected chi connectivity index (χ3v) is 7.27. The molecule has 202 valence electrons. The van der Waals surface area contributed by atoms with E-state index < -0.39 is 11.9 Å². The Labute approximate surface area is 234 Å². The largest absolute Gasteiger partial charge is 0.469 e. The molecule has 4 aromatic rings. The molecule has 6 nitrogen and oxygen atoms in total. The lowest BCUT2D eigenvalue weighted by Gasteiger charge is -2.34. The van der Waals surface area contributed by atoms with Crippen molar-refractivity contribution < 1.29 is 19.1 Å². The highest BCUT2D eigenvalue weighted by Gasteiger charge is 2.38. The third-order valence-electron chi connectivity index (χ3n) is 7.27. The summed E-state index contributed by atoms with van der Waals surface area (Å²) >= 11 is 0. The Kier molecular flexibility index (Phi) is 8.26. The fourth-order valence-corrected chi connectivity index (χ4v) is 5.13. The van der Waals surface area contributed by atoms with Crippen molar-refractivity contribution in [2.24, 2.45) is 5.92 Å². The molecule has 4 aromatic carbocycles. The van der Waals surface area contributed by atoms with Gasteiger partial charge in [-0.1, -0.05) is 84.9 Å². The number of allylic oxidation sites excluding steroid dienone is 1. The van der Waals surface area contributed by atoms with Crippen LogP contribution in [0.15, 0.2) is 120 Å². The van der Waals surface area contributed by atoms with Gasteiger partial charge in [0.2, 0.25) is 0 Å². The number of carbonyl (C=O) groups excluding carboxylic acids is 2. The van der Waals surface area contributed by atoms with Gasteiger partial charge in [0.1, 0.15) is 0 Å². The first-order valence-corrected chi connectivity index (χ1v) is 13.3. The van der Waals surface area contributed by atoms with Crippen molar-refractivity contribution in [3.63, 3.8) is 0 Å². The van der Waals surface area contributed by atoms with Crippen LogP contribution in [0.5, 0.6) is 0 Å². The summed E-state index contributed by atoms with van der Waals surface area (Å²) in [7, 11) is 2.77. The van der Waals surface area contributed by atoms with E-state index in [9.17, 15) is 9.59 Å². The van der Waals surface area contributed by atoms with Crippen LogP contribution in [-0.2, 0) is 19.1 Å². The van der Waals surface area contributed by atoms with Gasteiger partial charge in [-0.3, -0.25) is 4.79 Å². The molecule has 1 aliphatic rings. The third kappa shape index (κ3) is 6.07. The monoisotopic (exact) mass is 532 g/mol. The van der Waals surface area contributed by atoms with Crippen molar-refractivity contribution in [3.05, 3.63) is 120 Å². The summed E-state index contributed by atoms with van der Waals surface area (Å²) in [5, 5.41) is 6.86. The predicted molar refractivity (Wildman–Crippen MR) is 159 cm³/mol. The first-order valence-electron chi connectivity index (χ1n) is 13.3. The van der Waals surface area contributed by atoms with Gasteiger partial charge < -0.3 is 20.1 Å². The van der Waals surface area contributed by atoms with Crippen LogP contribution in [-0.4, -0.2) is 32.2 Å². The minimum Gasteiger partial charge on any atom is -0.469 e. The molecule has 40 heavy (non-hydrogen) atoms. The minimum absolute atomic E-state index is 0.303. The second-order valence-electron chi connectivity index (χ2n) is 9.75. The van der Waals surface area contributed by atoms with Crippen LogP contribution in [0.1, 0.15) is 12.8 Å². The lowest BCUT2D eigenvalue weighted by molar-refractivity contribution is -0.146. The number of benzene rings is 4. The maximum atomic E-state index is 12.9. The number of nitrogens with one attached hydrogen (secondary N) is 2. The first-order chi connectivity index (χ1) is 19.6. The smallest absolute Gasteiger partial charge is 0.335 e. The van der Waals surface area contributed by atoms with Crippen LogP contribution in [0.3, 0.4) is 0 Å². The molecule has 0 spiro atoms. The molecule has 0 fully saturated rings. The van der Waals surface area contributed by atoms with Gasteiger partial charge in [-0.25, -0.2) is 4.79 Å². The number of esters is 2. The summed E-state index contributed by atoms with van der Waals surface area (Å²) in [4.78, 5) is 25.8. The molecule has 0 bridgehead atoms. The highest BCUT2D eigenvalue weighted by Crippen LogP contribution is 2.35. The topological polar surface area (TPSA) is 76.7 Å². The molecule has 0 saturated heterocycles. The second-order valence-corrected chi connectivity index (χ2v) is 9.75. The van der Waals surface area contributed by atoms with Crippen LogP contribution in [0, 0.1) is 5.92 Å². The Morgan fingerprint density at radius 2 is 1.12 bits per heavy atom. The molecule has 0 saturated carbocycles. The predicted octanol–water partition coefficient (Wildman–Crippen LogP) is 6.92. The number of hydrogen-bond donors (Lipinski definition) is 2. The summed E-state index contributed by atoms with van der Waals surface area (Å²) in [5.41, 5.74) is 7.28. The van der Waals surface area contributed by atoms with E-state index in [1.54, 1.807) is 0 Å². The summed E-state index contributed by atoms with van der Waals surface area (Å²) < 4.78 is 10.3. The maximum absolute atomic E-state index is 12.9. The average molecular weight is 533 g/mol. The molecule has 0 radical (unpaired) electrons. The van der Waals surface area contributed by atoms with Crippen LogP contribution in [0.4, 0.5) is 11.4 Å². The summed E-state index contributed by atoms with van der Waals surface area (Å²) in [6.07, 6.45) is 0.606. The zero-order valence-electron chi connectivity index (χ0n) is 22.6. The van der Waals surface area contributed by atoms with E-state index in [1.807, 2.05) is 84.9 Å². The average Bonchev–Trinajstić information content (AvgIpc) is 3.02. The Balaban J connectivity index is 1.39. The van der Waals surface area contributed by atoms with E-state index in [0.717, 1.165) is 33.6 Å². The van der Waals surface area contributed by atoms with Gasteiger partial charge >= 0.3 is 11.9 Å². The number of hydrogen-bond acceptors (Lipinski definition) is 6. The number of rotatable bonds is 8. The Bertz CT molecular complexity index is 1480. The van der Waals surface area contributed by atoms with Crippen LogP contribution < -0.4 is 10.6 Å². The molecule has 2 N–H and O–H groups in total. The minimum atomic E-state index is -0.502. The molecule has 1 aliphatic carbocycles. The molecular formula is C34H32N2O4. The van der Waals surface area contributed by atoms with E-state index in [4.69, 9.17) is 9.47 Å². The highest BCUT2D eigenvalue weighted by atomic mass is 16.5. The molecule has 2 unspecified atom stereocenters. The van der Waals surface area contributed by atoms with Crippen LogP contribution in [0.25, 0.3) is 22.3 Å². The van der Waals surface area contributed by atoms with E-state index in [-0.39, 0.29) is 12.0 Å². The standard InChI is InChI=1S/C34H32N2O4/c1-39-33(37)29-21-32(36-28-19-15-26(16-20-28)24-11-7-4-8-12-24)30(34(38)40-2)22-31(29)35-27-17-13-25(14-18-27)23-9-5-3-6-10-23/h3-20,29,31,35-36H,21-22H2,1-2H3. The normalized spacial score (nSPS) is 16.6. The maximum Gasteiger partial charge on any atom is 0.335 e. The quantitative estimate of drug-likeness (QED) is 0.240. The first kappa shape index (κ1) is 26.8. The lowest BCUT2D eigenvalue weighted by Crippen LogP contribution is -2.41. The van der Waals surface area contributed by atoms with Crippen molar-refractivity contribution >= 4 is 23.3 Å². The van der Waals surface area contributed by atoms with Gasteiger partial charge in [-0.2, -0.15) is 0 Å². The number of carbonyl (C=O) groups is 2. The number of anilines is 2.